The number of piperazine rings is 1. The smallest absolute Gasteiger partial charge is 0.332 e. The Bertz CT molecular complexity index is 2300. The molecule has 3 aromatic rings. The van der Waals surface area contributed by atoms with Crippen molar-refractivity contribution in [1.29, 1.82) is 5.26 Å². The number of phenols is 2. The van der Waals surface area contributed by atoms with E-state index >= 15 is 4.79 Å². The summed E-state index contributed by atoms with van der Waals surface area (Å²) in [4.78, 5) is 34.9. The third kappa shape index (κ3) is 5.27. The van der Waals surface area contributed by atoms with Crippen LogP contribution >= 0.6 is 11.8 Å². The molecule has 3 aromatic carbocycles. The van der Waals surface area contributed by atoms with Gasteiger partial charge in [-0.15, -0.1) is 11.8 Å². The number of esters is 2. The van der Waals surface area contributed by atoms with Crippen LogP contribution in [0.3, 0.4) is 0 Å². The van der Waals surface area contributed by atoms with Crippen LogP contribution in [0.15, 0.2) is 18.2 Å². The van der Waals surface area contributed by atoms with Crippen LogP contribution in [0.5, 0.6) is 40.2 Å². The van der Waals surface area contributed by atoms with Crippen LogP contribution in [-0.4, -0.2) is 108 Å². The first-order valence-corrected chi connectivity index (χ1v) is 20.8. The number of aryl methyl sites for hydroxylation is 1. The van der Waals surface area contributed by atoms with Crippen molar-refractivity contribution in [2.45, 2.75) is 88.0 Å². The number of phenolic OH excluding ortho intramolecular Hbond substituents is 2. The summed E-state index contributed by atoms with van der Waals surface area (Å²) in [6.45, 7) is 8.11. The summed E-state index contributed by atoms with van der Waals surface area (Å²) in [6, 6.07) is 5.42. The Labute approximate surface area is 341 Å². The van der Waals surface area contributed by atoms with E-state index in [2.05, 4.69) is 33.8 Å². The molecular formula is C43H48N4O10S. The summed E-state index contributed by atoms with van der Waals surface area (Å²) >= 11 is 1.53. The van der Waals surface area contributed by atoms with E-state index < -0.39 is 46.9 Å². The molecule has 15 heteroatoms. The molecule has 2 N–H and O–H groups in total. The first-order valence-electron chi connectivity index (χ1n) is 19.8. The lowest BCUT2D eigenvalue weighted by atomic mass is 9.71. The standard InChI is InChI=1S/C43H48N4O10S/c1-8-10-46-11-9-23-14-29(49)30(52-6)15-25(23)43(46)18-58-41-33-32(40-39(55-19-56-40)21(3)38(33)57-22(4)48)28(17-54-42(43)51)47-27(16-44)26-13-24-12-20(2)37(53-7)36(50)31(24)34(35(41)47)45(26)5/h12,14-15,26-28,34-35,41,49-50H,8-11,13,17-19H2,1-7H3/t26-,27-,28+,34+,35?,41+,43+/m0/s1. The second-order valence-electron chi connectivity index (χ2n) is 16.1. The second kappa shape index (κ2) is 14.1. The number of hydrogen-bond donors (Lipinski definition) is 2. The maximum atomic E-state index is 15.3. The molecule has 0 amide bonds. The van der Waals surface area contributed by atoms with E-state index in [4.69, 9.17) is 28.4 Å². The van der Waals surface area contributed by atoms with Gasteiger partial charge < -0.3 is 38.6 Å². The number of ether oxygens (including phenoxy) is 6. The fourth-order valence-electron chi connectivity index (χ4n) is 10.9. The molecule has 0 aliphatic carbocycles. The van der Waals surface area contributed by atoms with E-state index in [0.717, 1.165) is 23.1 Å². The van der Waals surface area contributed by atoms with Gasteiger partial charge in [0, 0.05) is 53.6 Å². The molecule has 7 atom stereocenters. The topological polar surface area (TPSA) is 163 Å². The van der Waals surface area contributed by atoms with Gasteiger partial charge in [0.1, 0.15) is 18.4 Å². The quantitative estimate of drug-likeness (QED) is 0.258. The maximum absolute atomic E-state index is 15.3. The first kappa shape index (κ1) is 38.6. The van der Waals surface area contributed by atoms with E-state index in [-0.39, 0.29) is 42.4 Å². The Morgan fingerprint density at radius 1 is 1.05 bits per heavy atom. The van der Waals surface area contributed by atoms with Gasteiger partial charge in [-0.1, -0.05) is 13.0 Å². The number of rotatable bonds is 5. The molecule has 58 heavy (non-hydrogen) atoms. The molecule has 0 aromatic heterocycles. The van der Waals surface area contributed by atoms with Crippen LogP contribution in [0, 0.1) is 25.2 Å². The highest BCUT2D eigenvalue weighted by molar-refractivity contribution is 7.99. The zero-order valence-electron chi connectivity index (χ0n) is 33.7. The Balaban J connectivity index is 1.35. The highest BCUT2D eigenvalue weighted by Crippen LogP contribution is 2.65. The average molecular weight is 813 g/mol. The number of nitrogens with zero attached hydrogens (tertiary/aromatic N) is 4. The van der Waals surface area contributed by atoms with Crippen molar-refractivity contribution < 1.29 is 48.2 Å². The van der Waals surface area contributed by atoms with Crippen molar-refractivity contribution in [3.63, 3.8) is 0 Å². The maximum Gasteiger partial charge on any atom is 0.332 e. The van der Waals surface area contributed by atoms with Crippen molar-refractivity contribution in [3.05, 3.63) is 62.7 Å². The van der Waals surface area contributed by atoms with Gasteiger partial charge in [0.05, 0.1) is 37.6 Å². The Morgan fingerprint density at radius 2 is 1.83 bits per heavy atom. The van der Waals surface area contributed by atoms with Gasteiger partial charge in [-0.3, -0.25) is 19.5 Å². The molecule has 0 radical (unpaired) electrons. The van der Waals surface area contributed by atoms with Crippen LogP contribution in [-0.2, 0) is 32.7 Å². The molecule has 306 valence electrons. The highest BCUT2D eigenvalue weighted by atomic mass is 32.2. The number of likely N-dealkylation sites (N-methyl/N-ethyl adjacent to an activating group) is 1. The van der Waals surface area contributed by atoms with Crippen molar-refractivity contribution in [3.8, 4) is 46.3 Å². The fraction of sp³-hybridized carbons (Fsp3) is 0.512. The van der Waals surface area contributed by atoms with Crippen molar-refractivity contribution >= 4 is 23.7 Å². The number of aromatic hydroxyl groups is 2. The molecule has 1 spiro atoms. The molecule has 4 bridgehead atoms. The third-order valence-corrected chi connectivity index (χ3v) is 14.7. The van der Waals surface area contributed by atoms with Gasteiger partial charge in [0.2, 0.25) is 6.79 Å². The van der Waals surface area contributed by atoms with Crippen LogP contribution < -0.4 is 23.7 Å². The largest absolute Gasteiger partial charge is 0.504 e. The van der Waals surface area contributed by atoms with Gasteiger partial charge in [-0.2, -0.15) is 5.26 Å². The number of benzene rings is 3. The first-order chi connectivity index (χ1) is 27.9. The second-order valence-corrected chi connectivity index (χ2v) is 17.2. The predicted molar refractivity (Wildman–Crippen MR) is 212 cm³/mol. The van der Waals surface area contributed by atoms with Crippen molar-refractivity contribution in [2.24, 2.45) is 0 Å². The lowest BCUT2D eigenvalue weighted by Gasteiger charge is -2.62. The molecule has 10 rings (SSSR count). The van der Waals surface area contributed by atoms with Crippen molar-refractivity contribution in [2.75, 3.05) is 53.5 Å². The molecule has 7 aliphatic heterocycles. The molecular weight excluding hydrogens is 765 g/mol. The van der Waals surface area contributed by atoms with Crippen LogP contribution in [0.4, 0.5) is 0 Å². The fourth-order valence-corrected chi connectivity index (χ4v) is 12.7. The van der Waals surface area contributed by atoms with E-state index in [0.29, 0.717) is 76.7 Å². The molecule has 0 saturated carbocycles. The summed E-state index contributed by atoms with van der Waals surface area (Å²) in [7, 11) is 5.03. The summed E-state index contributed by atoms with van der Waals surface area (Å²) in [5.41, 5.74) is 4.62. The van der Waals surface area contributed by atoms with Crippen LogP contribution in [0.25, 0.3) is 0 Å². The van der Waals surface area contributed by atoms with E-state index in [9.17, 15) is 20.3 Å². The normalized spacial score (nSPS) is 28.4. The number of hydrogen-bond acceptors (Lipinski definition) is 15. The minimum atomic E-state index is -1.31. The minimum Gasteiger partial charge on any atom is -0.504 e. The van der Waals surface area contributed by atoms with E-state index in [1.165, 1.54) is 25.8 Å². The van der Waals surface area contributed by atoms with Crippen molar-refractivity contribution in [1.82, 2.24) is 14.7 Å². The summed E-state index contributed by atoms with van der Waals surface area (Å²) in [5, 5.41) is 33.7. The number of carbonyl (C=O) groups excluding carboxylic acids is 2. The molecule has 7 heterocycles. The number of methoxy groups -OCH3 is 2. The zero-order valence-corrected chi connectivity index (χ0v) is 34.5. The Morgan fingerprint density at radius 3 is 2.53 bits per heavy atom. The Kier molecular flexibility index (Phi) is 9.42. The highest BCUT2D eigenvalue weighted by Gasteiger charge is 2.62. The lowest BCUT2D eigenvalue weighted by molar-refractivity contribution is -0.164. The van der Waals surface area contributed by atoms with Gasteiger partial charge >= 0.3 is 11.9 Å². The van der Waals surface area contributed by atoms with E-state index in [1.807, 2.05) is 20.9 Å². The third-order valence-electron chi connectivity index (χ3n) is 13.3. The number of carbonyl (C=O) groups is 2. The molecule has 2 saturated heterocycles. The number of thioether (sulfide) groups is 1. The van der Waals surface area contributed by atoms with E-state index in [1.54, 1.807) is 19.2 Å². The monoisotopic (exact) mass is 812 g/mol. The van der Waals surface area contributed by atoms with Gasteiger partial charge in [0.25, 0.3) is 0 Å². The zero-order chi connectivity index (χ0) is 40.9. The molecule has 7 aliphatic rings. The van der Waals surface area contributed by atoms with Gasteiger partial charge in [-0.05, 0) is 81.1 Å². The predicted octanol–water partition coefficient (Wildman–Crippen LogP) is 5.11. The Hall–Kier alpha value is -4.88. The van der Waals surface area contributed by atoms with Crippen LogP contribution in [0.2, 0.25) is 0 Å². The molecule has 2 fully saturated rings. The average Bonchev–Trinajstić information content (AvgIpc) is 3.69. The minimum absolute atomic E-state index is 0.00814. The summed E-state index contributed by atoms with van der Waals surface area (Å²) < 4.78 is 36.6. The summed E-state index contributed by atoms with van der Waals surface area (Å²) in [5.74, 6) is 1.16. The van der Waals surface area contributed by atoms with Crippen LogP contribution in [0.1, 0.15) is 82.1 Å². The summed E-state index contributed by atoms with van der Waals surface area (Å²) in [6.07, 6.45) is 1.86. The van der Waals surface area contributed by atoms with Gasteiger partial charge in [-0.25, -0.2) is 4.79 Å². The van der Waals surface area contributed by atoms with Gasteiger partial charge in [0.15, 0.2) is 40.0 Å². The molecule has 14 nitrogen and oxygen atoms in total. The lowest BCUT2D eigenvalue weighted by Crippen LogP contribution is -2.69. The molecule has 1 unspecified atom stereocenters. The number of nitriles is 1. The SMILES string of the molecule is CCCN1CCc2cc(O)c(OC)cc2[C@@]12CS[C@@H]1c3c(OC(C)=O)c(C)c4c(c3[C@@H](COC2=O)N2C1[C@H]1c3c(cc(C)c(OC)c3O)C[C@@H]([C@@H]2C#N)N1C)OCO4. The number of fused-ring (bicyclic) bond motifs is 9.